The maximum Gasteiger partial charge on any atom is 0.246 e. The van der Waals surface area contributed by atoms with Crippen molar-refractivity contribution in [3.05, 3.63) is 34.0 Å². The smallest absolute Gasteiger partial charge is 0.246 e. The second-order valence-electron chi connectivity index (χ2n) is 5.06. The predicted octanol–water partition coefficient (Wildman–Crippen LogP) is 3.94. The fraction of sp³-hybridized carbons (Fsp3) is 0.385. The van der Waals surface area contributed by atoms with Crippen molar-refractivity contribution in [3.8, 4) is 0 Å². The van der Waals surface area contributed by atoms with E-state index in [0.717, 1.165) is 10.7 Å². The van der Waals surface area contributed by atoms with Gasteiger partial charge in [-0.2, -0.15) is 11.3 Å². The van der Waals surface area contributed by atoms with Gasteiger partial charge in [0.1, 0.15) is 4.87 Å². The Morgan fingerprint density at radius 2 is 2.05 bits per heavy atom. The molecule has 0 N–H and O–H groups in total. The van der Waals surface area contributed by atoms with E-state index in [4.69, 9.17) is 0 Å². The molecule has 1 fully saturated rings. The molecule has 19 heavy (non-hydrogen) atoms. The summed E-state index contributed by atoms with van der Waals surface area (Å²) in [7, 11) is 0. The van der Waals surface area contributed by atoms with Crippen LogP contribution in [0, 0.1) is 0 Å². The van der Waals surface area contributed by atoms with Gasteiger partial charge in [-0.15, -0.1) is 23.1 Å². The van der Waals surface area contributed by atoms with Crippen molar-refractivity contribution in [2.24, 2.45) is 0 Å². The van der Waals surface area contributed by atoms with Crippen LogP contribution < -0.4 is 4.90 Å². The first-order chi connectivity index (χ1) is 8.95. The second-order valence-corrected chi connectivity index (χ2v) is 8.74. The number of rotatable bonds is 2. The van der Waals surface area contributed by atoms with Crippen LogP contribution in [0.2, 0.25) is 0 Å². The topological polar surface area (TPSA) is 33.2 Å². The Morgan fingerprint density at radius 3 is 2.63 bits per heavy atom. The van der Waals surface area contributed by atoms with E-state index < -0.39 is 4.75 Å². The van der Waals surface area contributed by atoms with Gasteiger partial charge >= 0.3 is 0 Å². The number of carbonyl (C=O) groups is 1. The summed E-state index contributed by atoms with van der Waals surface area (Å²) in [6.45, 7) is 6.07. The molecule has 3 nitrogen and oxygen atoms in total. The Kier molecular flexibility index (Phi) is 2.99. The monoisotopic (exact) mass is 310 g/mol. The molecule has 1 unspecified atom stereocenters. The van der Waals surface area contributed by atoms with Crippen LogP contribution in [0.25, 0.3) is 0 Å². The zero-order valence-corrected chi connectivity index (χ0v) is 13.4. The van der Waals surface area contributed by atoms with Gasteiger partial charge in [0, 0.05) is 11.6 Å². The highest BCUT2D eigenvalue weighted by molar-refractivity contribution is 8.03. The molecule has 0 bridgehead atoms. The zero-order chi connectivity index (χ0) is 13.7. The molecule has 1 aliphatic heterocycles. The van der Waals surface area contributed by atoms with Crippen LogP contribution in [0.3, 0.4) is 0 Å². The van der Waals surface area contributed by atoms with Crippen LogP contribution in [-0.2, 0) is 9.67 Å². The molecule has 6 heteroatoms. The van der Waals surface area contributed by atoms with E-state index in [2.05, 4.69) is 28.7 Å². The summed E-state index contributed by atoms with van der Waals surface area (Å²) in [4.78, 5) is 18.5. The van der Waals surface area contributed by atoms with Crippen molar-refractivity contribution in [1.29, 1.82) is 0 Å². The van der Waals surface area contributed by atoms with E-state index in [1.165, 1.54) is 11.3 Å². The molecule has 100 valence electrons. The number of nitrogens with zero attached hydrogens (tertiary/aromatic N) is 2. The van der Waals surface area contributed by atoms with Crippen molar-refractivity contribution >= 4 is 45.5 Å². The average molecular weight is 310 g/mol. The fourth-order valence-electron chi connectivity index (χ4n) is 2.36. The molecule has 0 radical (unpaired) electrons. The third-order valence-corrected chi connectivity index (χ3v) is 6.21. The molecule has 3 heterocycles. The molecule has 2 aromatic rings. The summed E-state index contributed by atoms with van der Waals surface area (Å²) in [5, 5.41) is 6.85. The normalized spacial score (nSPS) is 26.1. The lowest BCUT2D eigenvalue weighted by atomic mass is 10.1. The van der Waals surface area contributed by atoms with Crippen molar-refractivity contribution < 1.29 is 4.79 Å². The summed E-state index contributed by atoms with van der Waals surface area (Å²) in [5.41, 5.74) is 1.16. The molecule has 0 aliphatic carbocycles. The highest BCUT2D eigenvalue weighted by Gasteiger charge is 2.55. The highest BCUT2D eigenvalue weighted by Crippen LogP contribution is 2.55. The van der Waals surface area contributed by atoms with E-state index in [9.17, 15) is 4.79 Å². The summed E-state index contributed by atoms with van der Waals surface area (Å²) in [6.07, 6.45) is 1.75. The first-order valence-electron chi connectivity index (χ1n) is 5.92. The molecule has 0 aromatic carbocycles. The maximum atomic E-state index is 12.7. The zero-order valence-electron chi connectivity index (χ0n) is 10.9. The number of amides is 1. The summed E-state index contributed by atoms with van der Waals surface area (Å²) < 4.78 is -0.428. The van der Waals surface area contributed by atoms with Crippen LogP contribution in [0.1, 0.15) is 26.3 Å². The second kappa shape index (κ2) is 4.33. The standard InChI is InChI=1S/C13H14N2OS3/c1-12(2)10(16)15(11-14-5-7-18-11)13(3,19-12)9-4-6-17-8-9/h4-8H,1-3H3. The van der Waals surface area contributed by atoms with E-state index in [1.807, 2.05) is 24.1 Å². The molecule has 2 aromatic heterocycles. The first kappa shape index (κ1) is 13.1. The Hall–Kier alpha value is -0.850. The van der Waals surface area contributed by atoms with Gasteiger partial charge in [0.15, 0.2) is 5.13 Å². The van der Waals surface area contributed by atoms with Crippen LogP contribution in [0.4, 0.5) is 5.13 Å². The van der Waals surface area contributed by atoms with Gasteiger partial charge < -0.3 is 0 Å². The predicted molar refractivity (Wildman–Crippen MR) is 82.9 cm³/mol. The van der Waals surface area contributed by atoms with Crippen molar-refractivity contribution in [1.82, 2.24) is 4.98 Å². The maximum absolute atomic E-state index is 12.7. The number of thiazole rings is 1. The van der Waals surface area contributed by atoms with E-state index >= 15 is 0 Å². The van der Waals surface area contributed by atoms with Crippen molar-refractivity contribution in [3.63, 3.8) is 0 Å². The minimum Gasteiger partial charge on any atom is -0.273 e. The molecule has 1 aliphatic rings. The number of aromatic nitrogens is 1. The third kappa shape index (κ3) is 1.93. The summed E-state index contributed by atoms with van der Waals surface area (Å²) in [6, 6.07) is 2.09. The molecule has 0 saturated carbocycles. The van der Waals surface area contributed by atoms with Gasteiger partial charge in [-0.25, -0.2) is 4.98 Å². The first-order valence-corrected chi connectivity index (χ1v) is 8.56. The minimum atomic E-state index is -0.428. The van der Waals surface area contributed by atoms with Gasteiger partial charge in [0.05, 0.1) is 4.75 Å². The Labute approximate surface area is 124 Å². The number of anilines is 1. The van der Waals surface area contributed by atoms with Crippen LogP contribution in [-0.4, -0.2) is 15.6 Å². The Balaban J connectivity index is 2.15. The average Bonchev–Trinajstić information content (AvgIpc) is 3.03. The molecule has 3 rings (SSSR count). The third-order valence-electron chi connectivity index (χ3n) is 3.27. The Morgan fingerprint density at radius 1 is 1.26 bits per heavy atom. The lowest BCUT2D eigenvalue weighted by Crippen LogP contribution is -2.42. The molecule has 1 atom stereocenters. The van der Waals surface area contributed by atoms with Gasteiger partial charge in [-0.05, 0) is 43.2 Å². The number of carbonyl (C=O) groups excluding carboxylic acids is 1. The van der Waals surface area contributed by atoms with Gasteiger partial charge in [0.2, 0.25) is 5.91 Å². The molecule has 0 spiro atoms. The van der Waals surface area contributed by atoms with Crippen molar-refractivity contribution in [2.45, 2.75) is 30.4 Å². The highest BCUT2D eigenvalue weighted by atomic mass is 32.2. The van der Waals surface area contributed by atoms with Crippen LogP contribution in [0.15, 0.2) is 28.4 Å². The Bertz CT molecular complexity index is 591. The summed E-state index contributed by atoms with van der Waals surface area (Å²) >= 11 is 4.86. The largest absolute Gasteiger partial charge is 0.273 e. The minimum absolute atomic E-state index is 0.126. The van der Waals surface area contributed by atoms with Gasteiger partial charge in [-0.1, -0.05) is 0 Å². The lowest BCUT2D eigenvalue weighted by molar-refractivity contribution is -0.120. The van der Waals surface area contributed by atoms with Crippen LogP contribution in [0.5, 0.6) is 0 Å². The molecular formula is C13H14N2OS3. The van der Waals surface area contributed by atoms with Crippen LogP contribution >= 0.6 is 34.4 Å². The van der Waals surface area contributed by atoms with Crippen molar-refractivity contribution in [2.75, 3.05) is 4.90 Å². The molecule has 1 amide bonds. The number of thiophene rings is 1. The number of hydrogen-bond donors (Lipinski definition) is 0. The number of thioether (sulfide) groups is 1. The van der Waals surface area contributed by atoms with E-state index in [0.29, 0.717) is 0 Å². The SMILES string of the molecule is CC1(C)SC(C)(c2ccsc2)N(c2nccs2)C1=O. The fourth-order valence-corrected chi connectivity index (χ4v) is 5.67. The molecule has 1 saturated heterocycles. The van der Waals surface area contributed by atoms with E-state index in [-0.39, 0.29) is 10.8 Å². The summed E-state index contributed by atoms with van der Waals surface area (Å²) in [5.74, 6) is 0.126. The lowest BCUT2D eigenvalue weighted by Gasteiger charge is -2.31. The quantitative estimate of drug-likeness (QED) is 0.842. The van der Waals surface area contributed by atoms with Gasteiger partial charge in [0.25, 0.3) is 0 Å². The number of hydrogen-bond acceptors (Lipinski definition) is 5. The van der Waals surface area contributed by atoms with Gasteiger partial charge in [-0.3, -0.25) is 9.69 Å². The molecular weight excluding hydrogens is 296 g/mol. The van der Waals surface area contributed by atoms with E-state index in [1.54, 1.807) is 29.3 Å².